The van der Waals surface area contributed by atoms with Crippen molar-refractivity contribution in [2.24, 2.45) is 0 Å². The number of unbranched alkanes of at least 4 members (excludes halogenated alkanes) is 27. The summed E-state index contributed by atoms with van der Waals surface area (Å²) >= 11 is 0. The molecule has 0 fully saturated rings. The summed E-state index contributed by atoms with van der Waals surface area (Å²) < 4.78 is 6.61. The molecule has 0 saturated heterocycles. The molecule has 0 bridgehead atoms. The predicted octanol–water partition coefficient (Wildman–Crippen LogP) is 14.7. The lowest BCUT2D eigenvalue weighted by molar-refractivity contribution is -0.139. The lowest BCUT2D eigenvalue weighted by atomic mass is 10.1. The van der Waals surface area contributed by atoms with Crippen molar-refractivity contribution in [3.63, 3.8) is 0 Å². The van der Waals surface area contributed by atoms with E-state index < -0.39 is 14.3 Å². The maximum atomic E-state index is 13.5. The lowest BCUT2D eigenvalue weighted by Crippen LogP contribution is -2.41. The average molecular weight is 679 g/mol. The zero-order valence-corrected chi connectivity index (χ0v) is 33.3. The Morgan fingerprint density at radius 1 is 0.468 bits per heavy atom. The van der Waals surface area contributed by atoms with Crippen LogP contribution in [0.3, 0.4) is 0 Å². The largest absolute Gasteiger partial charge is 0.516 e. The van der Waals surface area contributed by atoms with Crippen LogP contribution in [0.5, 0.6) is 0 Å². The molecule has 0 aliphatic heterocycles. The fourth-order valence-corrected chi connectivity index (χ4v) is 11.3. The van der Waals surface area contributed by atoms with Gasteiger partial charge in [0.2, 0.25) is 0 Å². The quantitative estimate of drug-likeness (QED) is 0.0403. The van der Waals surface area contributed by atoms with Crippen molar-refractivity contribution in [2.75, 3.05) is 0 Å². The minimum absolute atomic E-state index is 0.241. The topological polar surface area (TPSA) is 63.6 Å². The molecular formula is C42H82O4Si. The molecule has 1 N–H and O–H groups in total. The number of rotatable bonds is 37. The van der Waals surface area contributed by atoms with Crippen LogP contribution in [-0.4, -0.2) is 25.4 Å². The van der Waals surface area contributed by atoms with Crippen LogP contribution in [-0.2, 0) is 14.0 Å². The summed E-state index contributed by atoms with van der Waals surface area (Å²) in [5, 5.41) is 9.44. The highest BCUT2D eigenvalue weighted by Crippen LogP contribution is 2.32. The van der Waals surface area contributed by atoms with Crippen molar-refractivity contribution in [1.29, 1.82) is 0 Å². The average Bonchev–Trinajstić information content (AvgIpc) is 3.06. The monoisotopic (exact) mass is 679 g/mol. The highest BCUT2D eigenvalue weighted by Gasteiger charge is 2.38. The van der Waals surface area contributed by atoms with E-state index in [1.54, 1.807) is 13.0 Å². The number of carbonyl (C=O) groups excluding carboxylic acids is 1. The minimum Gasteiger partial charge on any atom is -0.516 e. The van der Waals surface area contributed by atoms with Crippen LogP contribution in [0.4, 0.5) is 0 Å². The van der Waals surface area contributed by atoms with E-state index in [-0.39, 0.29) is 12.4 Å². The van der Waals surface area contributed by atoms with Gasteiger partial charge in [0.1, 0.15) is 0 Å². The van der Waals surface area contributed by atoms with Crippen LogP contribution >= 0.6 is 0 Å². The molecule has 0 aliphatic carbocycles. The Morgan fingerprint density at radius 2 is 0.723 bits per heavy atom. The fraction of sp³-hybridized carbons (Fsp3) is 0.905. The normalized spacial score (nSPS) is 12.1. The van der Waals surface area contributed by atoms with Gasteiger partial charge in [-0.05, 0) is 25.1 Å². The van der Waals surface area contributed by atoms with E-state index in [2.05, 4.69) is 20.8 Å². The molecule has 0 spiro atoms. The Labute approximate surface area is 295 Å². The van der Waals surface area contributed by atoms with Crippen molar-refractivity contribution in [3.05, 3.63) is 11.6 Å². The Hall–Kier alpha value is -1.10. The molecule has 0 aromatic rings. The second kappa shape index (κ2) is 34.7. The summed E-state index contributed by atoms with van der Waals surface area (Å²) in [5.41, 5.74) is 0.323. The van der Waals surface area contributed by atoms with Crippen molar-refractivity contribution in [2.45, 2.75) is 245 Å². The van der Waals surface area contributed by atoms with Crippen LogP contribution in [0, 0.1) is 0 Å². The maximum absolute atomic E-state index is 13.5. The van der Waals surface area contributed by atoms with E-state index >= 15 is 0 Å². The molecule has 0 aromatic heterocycles. The van der Waals surface area contributed by atoms with Crippen molar-refractivity contribution in [3.8, 4) is 0 Å². The Balaban J connectivity index is 5.19. The minimum atomic E-state index is -2.34. The molecule has 0 aromatic carbocycles. The van der Waals surface area contributed by atoms with E-state index in [0.29, 0.717) is 5.57 Å². The summed E-state index contributed by atoms with van der Waals surface area (Å²) in [5.74, 6) is -1.30. The molecule has 278 valence electrons. The first-order valence-corrected chi connectivity index (χ1v) is 23.6. The van der Waals surface area contributed by atoms with Gasteiger partial charge in [-0.1, -0.05) is 219 Å². The molecule has 5 heteroatoms. The van der Waals surface area contributed by atoms with Crippen LogP contribution in [0.15, 0.2) is 11.6 Å². The summed E-state index contributed by atoms with van der Waals surface area (Å²) in [4.78, 5) is 25.0. The number of hydrogen-bond donors (Lipinski definition) is 1. The molecule has 0 rings (SSSR count). The van der Waals surface area contributed by atoms with Crippen molar-refractivity contribution >= 4 is 20.3 Å². The maximum Gasteiger partial charge on any atom is 0.320 e. The zero-order chi connectivity index (χ0) is 34.7. The van der Waals surface area contributed by atoms with Gasteiger partial charge in [0.25, 0.3) is 8.32 Å². The number of carboxylic acid groups (broad SMARTS) is 1. The third-order valence-corrected chi connectivity index (χ3v) is 14.6. The van der Waals surface area contributed by atoms with Crippen LogP contribution < -0.4 is 0 Å². The number of hydrogen-bond acceptors (Lipinski definition) is 3. The molecule has 0 unspecified atom stereocenters. The Morgan fingerprint density at radius 3 is 0.957 bits per heavy atom. The van der Waals surface area contributed by atoms with Gasteiger partial charge >= 0.3 is 11.9 Å². The molecule has 0 heterocycles. The van der Waals surface area contributed by atoms with Crippen molar-refractivity contribution in [1.82, 2.24) is 0 Å². The number of allylic oxidation sites excluding steroid dienone is 1. The summed E-state index contributed by atoms with van der Waals surface area (Å²) in [7, 11) is -2.34. The van der Waals surface area contributed by atoms with Crippen LogP contribution in [0.2, 0.25) is 18.1 Å². The summed E-state index contributed by atoms with van der Waals surface area (Å²) in [6.07, 6.45) is 40.7. The highest BCUT2D eigenvalue weighted by molar-refractivity contribution is 6.75. The molecule has 4 nitrogen and oxygen atoms in total. The molecule has 0 amide bonds. The first-order chi connectivity index (χ1) is 22.9. The predicted molar refractivity (Wildman–Crippen MR) is 208 cm³/mol. The highest BCUT2D eigenvalue weighted by atomic mass is 28.4. The lowest BCUT2D eigenvalue weighted by Gasteiger charge is -2.32. The van der Waals surface area contributed by atoms with E-state index in [4.69, 9.17) is 4.43 Å². The van der Waals surface area contributed by atoms with Crippen molar-refractivity contribution < 1.29 is 19.1 Å². The summed E-state index contributed by atoms with van der Waals surface area (Å²) in [6.45, 7) is 8.60. The molecule has 47 heavy (non-hydrogen) atoms. The fourth-order valence-electron chi connectivity index (χ4n) is 7.05. The SMILES string of the molecule is CC=C(CC(=O)O)C(=O)O[Si](CCCCCCCCCCCC)(CCCCCCCCCCCC)CCCCCCCCCCCC. The molecule has 0 atom stereocenters. The van der Waals surface area contributed by atoms with Gasteiger partial charge in [0.15, 0.2) is 0 Å². The van der Waals surface area contributed by atoms with Crippen LogP contribution in [0.25, 0.3) is 0 Å². The van der Waals surface area contributed by atoms with Gasteiger partial charge in [-0.15, -0.1) is 0 Å². The van der Waals surface area contributed by atoms with Gasteiger partial charge in [0, 0.05) is 5.57 Å². The molecule has 0 aliphatic rings. The Kier molecular flexibility index (Phi) is 33.9. The van der Waals surface area contributed by atoms with E-state index in [1.165, 1.54) is 173 Å². The standard InChI is InChI=1S/C42H82O4Si/c1-5-9-12-15-18-21-24-27-30-33-36-47(46-42(45)40(8-4)39-41(43)44,37-34-31-28-25-22-19-16-13-10-6-2)38-35-32-29-26-23-20-17-14-11-7-3/h8H,5-7,9-39H2,1-4H3,(H,43,44). The smallest absolute Gasteiger partial charge is 0.320 e. The van der Waals surface area contributed by atoms with Gasteiger partial charge in [-0.2, -0.15) is 0 Å². The molecular weight excluding hydrogens is 597 g/mol. The second-order valence-electron chi connectivity index (χ2n) is 14.8. The zero-order valence-electron chi connectivity index (χ0n) is 32.3. The van der Waals surface area contributed by atoms with Crippen LogP contribution in [0.1, 0.15) is 227 Å². The number of aliphatic carboxylic acids is 1. The van der Waals surface area contributed by atoms with Gasteiger partial charge in [-0.3, -0.25) is 4.79 Å². The molecule has 0 saturated carbocycles. The van der Waals surface area contributed by atoms with E-state index in [9.17, 15) is 14.7 Å². The number of carboxylic acids is 1. The Bertz CT molecular complexity index is 674. The third kappa shape index (κ3) is 29.5. The van der Waals surface area contributed by atoms with E-state index in [0.717, 1.165) is 37.4 Å². The third-order valence-electron chi connectivity index (χ3n) is 10.2. The summed E-state index contributed by atoms with van der Waals surface area (Å²) in [6, 6.07) is 3.15. The van der Waals surface area contributed by atoms with E-state index in [1.807, 2.05) is 0 Å². The van der Waals surface area contributed by atoms with Gasteiger partial charge < -0.3 is 9.53 Å². The first kappa shape index (κ1) is 45.9. The molecule has 0 radical (unpaired) electrons. The second-order valence-corrected chi connectivity index (χ2v) is 18.8. The van der Waals surface area contributed by atoms with Gasteiger partial charge in [-0.25, -0.2) is 4.79 Å². The van der Waals surface area contributed by atoms with Gasteiger partial charge in [0.05, 0.1) is 6.42 Å². The first-order valence-electron chi connectivity index (χ1n) is 21.0. The number of carbonyl (C=O) groups is 2.